The third-order valence-corrected chi connectivity index (χ3v) is 1.18. The third kappa shape index (κ3) is 3.52. The Balaban J connectivity index is 3.49. The van der Waals surface area contributed by atoms with E-state index >= 15 is 0 Å². The topological polar surface area (TPSA) is 24.7 Å². The smallest absolute Gasteiger partial charge is 0.0924 e. The maximum absolute atomic E-state index is 3.64. The van der Waals surface area contributed by atoms with Crippen molar-refractivity contribution in [2.45, 2.75) is 6.92 Å². The molecule has 0 spiro atoms. The van der Waals surface area contributed by atoms with Crippen molar-refractivity contribution in [1.29, 1.82) is 0 Å². The van der Waals surface area contributed by atoms with Crippen molar-refractivity contribution in [3.05, 3.63) is 0 Å². The molecule has 0 saturated carbocycles. The standard InChI is InChI=1S/C4H8N2S/c1-4(7-3)6-5-2/h2H2,1,3H3. The first-order valence-corrected chi connectivity index (χ1v) is 3.08. The van der Waals surface area contributed by atoms with E-state index in [1.54, 1.807) is 11.8 Å². The van der Waals surface area contributed by atoms with Gasteiger partial charge in [-0.25, -0.2) is 0 Å². The number of hydrogen-bond acceptors (Lipinski definition) is 3. The molecule has 0 atom stereocenters. The van der Waals surface area contributed by atoms with Crippen LogP contribution in [0.2, 0.25) is 0 Å². The van der Waals surface area contributed by atoms with E-state index in [-0.39, 0.29) is 0 Å². The maximum Gasteiger partial charge on any atom is 0.0924 e. The Labute approximate surface area is 47.7 Å². The zero-order chi connectivity index (χ0) is 5.70. The van der Waals surface area contributed by atoms with Crippen molar-refractivity contribution in [2.75, 3.05) is 6.26 Å². The van der Waals surface area contributed by atoms with Gasteiger partial charge in [0.1, 0.15) is 0 Å². The molecule has 0 unspecified atom stereocenters. The van der Waals surface area contributed by atoms with E-state index < -0.39 is 0 Å². The minimum atomic E-state index is 0.940. The van der Waals surface area contributed by atoms with Gasteiger partial charge in [0.05, 0.1) is 5.04 Å². The van der Waals surface area contributed by atoms with Crippen molar-refractivity contribution < 1.29 is 0 Å². The first-order chi connectivity index (χ1) is 3.31. The maximum atomic E-state index is 3.64. The fourth-order valence-electron chi connectivity index (χ4n) is 0.140. The van der Waals surface area contributed by atoms with Gasteiger partial charge < -0.3 is 0 Å². The van der Waals surface area contributed by atoms with E-state index in [0.717, 1.165) is 5.04 Å². The zero-order valence-corrected chi connectivity index (χ0v) is 5.33. The summed E-state index contributed by atoms with van der Waals surface area (Å²) in [5.41, 5.74) is 0. The molecule has 0 amide bonds. The van der Waals surface area contributed by atoms with Gasteiger partial charge in [-0.1, -0.05) is 0 Å². The van der Waals surface area contributed by atoms with Gasteiger partial charge in [0.25, 0.3) is 0 Å². The molecule has 0 radical (unpaired) electrons. The molecular weight excluding hydrogens is 108 g/mol. The van der Waals surface area contributed by atoms with Crippen LogP contribution in [0.25, 0.3) is 0 Å². The Morgan fingerprint density at radius 2 is 2.29 bits per heavy atom. The van der Waals surface area contributed by atoms with Gasteiger partial charge in [-0.05, 0) is 13.2 Å². The Kier molecular flexibility index (Phi) is 3.69. The van der Waals surface area contributed by atoms with Crippen LogP contribution in [0.15, 0.2) is 10.2 Å². The first-order valence-electron chi connectivity index (χ1n) is 1.85. The lowest BCUT2D eigenvalue weighted by atomic mass is 10.9. The van der Waals surface area contributed by atoms with E-state index in [1.165, 1.54) is 0 Å². The second-order valence-electron chi connectivity index (χ2n) is 0.965. The second kappa shape index (κ2) is 3.87. The Bertz CT molecular complexity index is 87.7. The van der Waals surface area contributed by atoms with E-state index in [2.05, 4.69) is 16.9 Å². The molecule has 7 heavy (non-hydrogen) atoms. The summed E-state index contributed by atoms with van der Waals surface area (Å²) in [5, 5.41) is 7.90. The van der Waals surface area contributed by atoms with Crippen molar-refractivity contribution >= 4 is 23.5 Å². The van der Waals surface area contributed by atoms with Crippen molar-refractivity contribution in [3.8, 4) is 0 Å². The largest absolute Gasteiger partial charge is 0.166 e. The number of thioether (sulfide) groups is 1. The van der Waals surface area contributed by atoms with Crippen LogP contribution in [0.4, 0.5) is 0 Å². The fraction of sp³-hybridized carbons (Fsp3) is 0.500. The van der Waals surface area contributed by atoms with Crippen LogP contribution < -0.4 is 0 Å². The third-order valence-electron chi connectivity index (χ3n) is 0.507. The van der Waals surface area contributed by atoms with E-state index in [9.17, 15) is 0 Å². The number of hydrogen-bond donors (Lipinski definition) is 0. The summed E-state index contributed by atoms with van der Waals surface area (Å²) in [6, 6.07) is 0. The lowest BCUT2D eigenvalue weighted by Gasteiger charge is -1.83. The van der Waals surface area contributed by atoms with Crippen LogP contribution in [0, 0.1) is 0 Å². The van der Waals surface area contributed by atoms with E-state index in [1.807, 2.05) is 13.2 Å². The summed E-state index contributed by atoms with van der Waals surface area (Å²) in [5.74, 6) is 0. The molecule has 0 bridgehead atoms. The summed E-state index contributed by atoms with van der Waals surface area (Å²) in [4.78, 5) is 0. The Morgan fingerprint density at radius 1 is 1.71 bits per heavy atom. The molecule has 0 saturated heterocycles. The summed E-state index contributed by atoms with van der Waals surface area (Å²) in [6.45, 7) is 5.09. The molecule has 40 valence electrons. The molecule has 0 aromatic carbocycles. The lowest BCUT2D eigenvalue weighted by Crippen LogP contribution is -1.75. The molecule has 0 aliphatic rings. The predicted octanol–water partition coefficient (Wildman–Crippen LogP) is 1.38. The van der Waals surface area contributed by atoms with Crippen LogP contribution >= 0.6 is 11.8 Å². The van der Waals surface area contributed by atoms with Gasteiger partial charge in [0, 0.05) is 6.72 Å². The zero-order valence-electron chi connectivity index (χ0n) is 4.51. The molecule has 0 N–H and O–H groups in total. The van der Waals surface area contributed by atoms with Crippen LogP contribution in [-0.2, 0) is 0 Å². The minimum Gasteiger partial charge on any atom is -0.166 e. The summed E-state index contributed by atoms with van der Waals surface area (Å²) in [7, 11) is 0. The number of nitrogens with zero attached hydrogens (tertiary/aromatic N) is 2. The van der Waals surface area contributed by atoms with Gasteiger partial charge in [0.2, 0.25) is 0 Å². The Morgan fingerprint density at radius 3 is 2.43 bits per heavy atom. The van der Waals surface area contributed by atoms with Gasteiger partial charge in [-0.2, -0.15) is 5.10 Å². The van der Waals surface area contributed by atoms with Gasteiger partial charge >= 0.3 is 0 Å². The van der Waals surface area contributed by atoms with Crippen molar-refractivity contribution in [3.63, 3.8) is 0 Å². The normalized spacial score (nSPS) is 11.4. The highest BCUT2D eigenvalue weighted by Gasteiger charge is 1.78. The second-order valence-corrected chi connectivity index (χ2v) is 1.96. The van der Waals surface area contributed by atoms with Gasteiger partial charge in [-0.3, -0.25) is 0 Å². The highest BCUT2D eigenvalue weighted by atomic mass is 32.2. The molecule has 3 heteroatoms. The molecule has 0 fully saturated rings. The number of rotatable bonds is 1. The van der Waals surface area contributed by atoms with Crippen molar-refractivity contribution in [2.24, 2.45) is 10.2 Å². The van der Waals surface area contributed by atoms with Gasteiger partial charge in [-0.15, -0.1) is 16.9 Å². The lowest BCUT2D eigenvalue weighted by molar-refractivity contribution is 1.27. The quantitative estimate of drug-likeness (QED) is 0.288. The molecule has 0 rings (SSSR count). The fourth-order valence-corrected chi connectivity index (χ4v) is 0.280. The van der Waals surface area contributed by atoms with E-state index in [4.69, 9.17) is 0 Å². The molecule has 0 aromatic rings. The average molecular weight is 116 g/mol. The monoisotopic (exact) mass is 116 g/mol. The molecule has 0 aliphatic carbocycles. The molecule has 2 nitrogen and oxygen atoms in total. The van der Waals surface area contributed by atoms with E-state index in [0.29, 0.717) is 0 Å². The molecular formula is C4H8N2S. The first kappa shape index (κ1) is 6.69. The average Bonchev–Trinajstić information content (AvgIpc) is 1.68. The van der Waals surface area contributed by atoms with Gasteiger partial charge in [0.15, 0.2) is 0 Å². The molecule has 0 aliphatic heterocycles. The highest BCUT2D eigenvalue weighted by Crippen LogP contribution is 1.94. The van der Waals surface area contributed by atoms with Crippen LogP contribution in [0.3, 0.4) is 0 Å². The van der Waals surface area contributed by atoms with Crippen LogP contribution in [0.5, 0.6) is 0 Å². The summed E-state index contributed by atoms with van der Waals surface area (Å²) in [6.07, 6.45) is 1.95. The Hall–Kier alpha value is -0.310. The summed E-state index contributed by atoms with van der Waals surface area (Å²) >= 11 is 1.57. The summed E-state index contributed by atoms with van der Waals surface area (Å²) < 4.78 is 0. The van der Waals surface area contributed by atoms with Crippen LogP contribution in [-0.4, -0.2) is 18.0 Å². The highest BCUT2D eigenvalue weighted by molar-refractivity contribution is 8.13. The minimum absolute atomic E-state index is 0.940. The van der Waals surface area contributed by atoms with Crippen molar-refractivity contribution in [1.82, 2.24) is 0 Å². The molecule has 0 heterocycles. The predicted molar refractivity (Wildman–Crippen MR) is 36.2 cm³/mol. The SMILES string of the molecule is C=NN=C(C)SC. The molecule has 0 aromatic heterocycles. The van der Waals surface area contributed by atoms with Crippen LogP contribution in [0.1, 0.15) is 6.92 Å².